The van der Waals surface area contributed by atoms with E-state index >= 15 is 0 Å². The van der Waals surface area contributed by atoms with Crippen molar-refractivity contribution in [3.05, 3.63) is 22.5 Å². The number of aromatic nitrogens is 1. The van der Waals surface area contributed by atoms with Crippen LogP contribution in [0, 0.1) is 13.8 Å². The second-order valence-electron chi connectivity index (χ2n) is 4.83. The molecule has 0 radical (unpaired) electrons. The zero-order chi connectivity index (χ0) is 18.3. The predicted molar refractivity (Wildman–Crippen MR) is 83.7 cm³/mol. The van der Waals surface area contributed by atoms with Crippen LogP contribution >= 0.6 is 0 Å². The van der Waals surface area contributed by atoms with Gasteiger partial charge in [-0.25, -0.2) is 14.4 Å². The number of ether oxygens (including phenoxy) is 2. The monoisotopic (exact) mass is 339 g/mol. The Bertz CT molecular complexity index is 650. The van der Waals surface area contributed by atoms with Crippen molar-refractivity contribution in [2.75, 3.05) is 19.8 Å². The second-order valence-corrected chi connectivity index (χ2v) is 4.83. The average molecular weight is 339 g/mol. The van der Waals surface area contributed by atoms with Crippen LogP contribution < -0.4 is 10.6 Å². The lowest BCUT2D eigenvalue weighted by molar-refractivity contribution is -0.123. The van der Waals surface area contributed by atoms with Gasteiger partial charge in [0.1, 0.15) is 5.69 Å². The van der Waals surface area contributed by atoms with E-state index in [0.29, 0.717) is 17.8 Å². The van der Waals surface area contributed by atoms with E-state index in [-0.39, 0.29) is 17.9 Å². The van der Waals surface area contributed by atoms with Gasteiger partial charge in [0.15, 0.2) is 6.61 Å². The standard InChI is InChI=1S/C15H21N3O6/c1-5-16-15(22)18-10(19)7-24-13(20)11-8(3)12(17-9(11)4)14(21)23-6-2/h17H,5-7H2,1-4H3,(H2,16,18,19,22). The number of carbonyl (C=O) groups excluding carboxylic acids is 4. The van der Waals surface area contributed by atoms with Gasteiger partial charge in [0.25, 0.3) is 5.91 Å². The average Bonchev–Trinajstić information content (AvgIpc) is 2.80. The van der Waals surface area contributed by atoms with Crippen molar-refractivity contribution in [1.82, 2.24) is 15.6 Å². The molecule has 9 nitrogen and oxygen atoms in total. The number of esters is 2. The van der Waals surface area contributed by atoms with Crippen molar-refractivity contribution in [1.29, 1.82) is 0 Å². The van der Waals surface area contributed by atoms with Gasteiger partial charge < -0.3 is 19.8 Å². The van der Waals surface area contributed by atoms with Crippen LogP contribution in [0.2, 0.25) is 0 Å². The Balaban J connectivity index is 2.73. The van der Waals surface area contributed by atoms with Crippen LogP contribution in [0.5, 0.6) is 0 Å². The summed E-state index contributed by atoms with van der Waals surface area (Å²) in [5, 5.41) is 4.38. The van der Waals surface area contributed by atoms with E-state index in [0.717, 1.165) is 0 Å². The molecule has 1 aromatic heterocycles. The summed E-state index contributed by atoms with van der Waals surface area (Å²) in [6.45, 7) is 6.48. The molecular weight excluding hydrogens is 318 g/mol. The van der Waals surface area contributed by atoms with Crippen molar-refractivity contribution in [2.24, 2.45) is 0 Å². The normalized spacial score (nSPS) is 10.0. The van der Waals surface area contributed by atoms with E-state index < -0.39 is 30.5 Å². The second kappa shape index (κ2) is 8.70. The highest BCUT2D eigenvalue weighted by atomic mass is 16.5. The number of amides is 3. The van der Waals surface area contributed by atoms with Crippen LogP contribution in [0.15, 0.2) is 0 Å². The maximum Gasteiger partial charge on any atom is 0.355 e. The lowest BCUT2D eigenvalue weighted by Crippen LogP contribution is -2.41. The highest BCUT2D eigenvalue weighted by Crippen LogP contribution is 2.19. The summed E-state index contributed by atoms with van der Waals surface area (Å²) in [6.07, 6.45) is 0. The molecule has 132 valence electrons. The summed E-state index contributed by atoms with van der Waals surface area (Å²) >= 11 is 0. The molecule has 0 aromatic carbocycles. The maximum atomic E-state index is 12.1. The zero-order valence-corrected chi connectivity index (χ0v) is 14.1. The first kappa shape index (κ1) is 19.2. The zero-order valence-electron chi connectivity index (χ0n) is 14.1. The lowest BCUT2D eigenvalue weighted by Gasteiger charge is -2.07. The van der Waals surface area contributed by atoms with Crippen LogP contribution in [-0.4, -0.2) is 48.6 Å². The van der Waals surface area contributed by atoms with Crippen LogP contribution in [0.4, 0.5) is 4.79 Å². The molecule has 0 aliphatic heterocycles. The number of nitrogens with one attached hydrogen (secondary N) is 3. The van der Waals surface area contributed by atoms with Gasteiger partial charge in [-0.3, -0.25) is 10.1 Å². The molecule has 0 unspecified atom stereocenters. The van der Waals surface area contributed by atoms with E-state index in [1.165, 1.54) is 0 Å². The molecule has 0 aliphatic carbocycles. The van der Waals surface area contributed by atoms with E-state index in [4.69, 9.17) is 9.47 Å². The van der Waals surface area contributed by atoms with E-state index in [1.807, 2.05) is 5.32 Å². The molecule has 0 saturated heterocycles. The first-order chi connectivity index (χ1) is 11.3. The van der Waals surface area contributed by atoms with Gasteiger partial charge in [0, 0.05) is 12.2 Å². The number of imide groups is 1. The molecular formula is C15H21N3O6. The molecule has 0 fully saturated rings. The fourth-order valence-electron chi connectivity index (χ4n) is 2.03. The molecule has 0 atom stereocenters. The number of hydrogen-bond acceptors (Lipinski definition) is 6. The third-order valence-electron chi connectivity index (χ3n) is 3.05. The minimum absolute atomic E-state index is 0.156. The van der Waals surface area contributed by atoms with Gasteiger partial charge in [-0.15, -0.1) is 0 Å². The summed E-state index contributed by atoms with van der Waals surface area (Å²) in [5.74, 6) is -2.11. The third-order valence-corrected chi connectivity index (χ3v) is 3.05. The topological polar surface area (TPSA) is 127 Å². The Labute approximate surface area is 139 Å². The molecule has 3 N–H and O–H groups in total. The van der Waals surface area contributed by atoms with Crippen molar-refractivity contribution in [3.63, 3.8) is 0 Å². The Morgan fingerprint density at radius 2 is 1.71 bits per heavy atom. The Morgan fingerprint density at radius 1 is 1.04 bits per heavy atom. The predicted octanol–water partition coefficient (Wildman–Crippen LogP) is 0.811. The number of hydrogen-bond donors (Lipinski definition) is 3. The van der Waals surface area contributed by atoms with Crippen LogP contribution in [0.1, 0.15) is 46.0 Å². The van der Waals surface area contributed by atoms with E-state index in [2.05, 4.69) is 10.3 Å². The minimum Gasteiger partial charge on any atom is -0.461 e. The van der Waals surface area contributed by atoms with Crippen molar-refractivity contribution >= 4 is 23.9 Å². The summed E-state index contributed by atoms with van der Waals surface area (Å²) < 4.78 is 9.77. The minimum atomic E-state index is -0.775. The van der Waals surface area contributed by atoms with Gasteiger partial charge in [0.05, 0.1) is 12.2 Å². The summed E-state index contributed by atoms with van der Waals surface area (Å²) in [7, 11) is 0. The molecule has 1 heterocycles. The fourth-order valence-corrected chi connectivity index (χ4v) is 2.03. The number of aromatic amines is 1. The summed E-state index contributed by atoms with van der Waals surface area (Å²) in [5.41, 5.74) is 1.11. The van der Waals surface area contributed by atoms with Gasteiger partial charge >= 0.3 is 18.0 Å². The third kappa shape index (κ3) is 4.83. The molecule has 9 heteroatoms. The SMILES string of the molecule is CCNC(=O)NC(=O)COC(=O)c1c(C)[nH]c(C(=O)OCC)c1C. The quantitative estimate of drug-likeness (QED) is 0.658. The van der Waals surface area contributed by atoms with Crippen molar-refractivity contribution in [3.8, 4) is 0 Å². The van der Waals surface area contributed by atoms with Gasteiger partial charge in [-0.05, 0) is 33.3 Å². The Kier molecular flexibility index (Phi) is 6.97. The van der Waals surface area contributed by atoms with Crippen molar-refractivity contribution < 1.29 is 28.7 Å². The maximum absolute atomic E-state index is 12.1. The first-order valence-corrected chi connectivity index (χ1v) is 7.42. The molecule has 0 aliphatic rings. The number of carbonyl (C=O) groups is 4. The highest BCUT2D eigenvalue weighted by molar-refractivity contribution is 6.00. The highest BCUT2D eigenvalue weighted by Gasteiger charge is 2.24. The van der Waals surface area contributed by atoms with Gasteiger partial charge in [-0.2, -0.15) is 0 Å². The lowest BCUT2D eigenvalue weighted by atomic mass is 10.1. The largest absolute Gasteiger partial charge is 0.461 e. The van der Waals surface area contributed by atoms with Gasteiger partial charge in [0.2, 0.25) is 0 Å². The van der Waals surface area contributed by atoms with Gasteiger partial charge in [-0.1, -0.05) is 0 Å². The van der Waals surface area contributed by atoms with Crippen LogP contribution in [-0.2, 0) is 14.3 Å². The molecule has 0 spiro atoms. The Hall–Kier alpha value is -2.84. The summed E-state index contributed by atoms with van der Waals surface area (Å²) in [6, 6.07) is -0.669. The number of urea groups is 1. The number of aryl methyl sites for hydroxylation is 1. The number of H-pyrrole nitrogens is 1. The molecule has 0 bridgehead atoms. The molecule has 1 rings (SSSR count). The fraction of sp³-hybridized carbons (Fsp3) is 0.467. The smallest absolute Gasteiger partial charge is 0.355 e. The molecule has 3 amide bonds. The van der Waals surface area contributed by atoms with Crippen LogP contribution in [0.3, 0.4) is 0 Å². The van der Waals surface area contributed by atoms with E-state index in [1.54, 1.807) is 27.7 Å². The Morgan fingerprint density at radius 3 is 2.29 bits per heavy atom. The van der Waals surface area contributed by atoms with Crippen molar-refractivity contribution in [2.45, 2.75) is 27.7 Å². The first-order valence-electron chi connectivity index (χ1n) is 7.42. The molecule has 24 heavy (non-hydrogen) atoms. The summed E-state index contributed by atoms with van der Waals surface area (Å²) in [4.78, 5) is 49.4. The van der Waals surface area contributed by atoms with E-state index in [9.17, 15) is 19.2 Å². The van der Waals surface area contributed by atoms with Crippen LogP contribution in [0.25, 0.3) is 0 Å². The molecule has 1 aromatic rings. The number of rotatable bonds is 6. The molecule has 0 saturated carbocycles.